The van der Waals surface area contributed by atoms with Gasteiger partial charge >= 0.3 is 0 Å². The van der Waals surface area contributed by atoms with Crippen LogP contribution in [0.3, 0.4) is 0 Å². The van der Waals surface area contributed by atoms with Crippen LogP contribution in [0.5, 0.6) is 0 Å². The van der Waals surface area contributed by atoms with Gasteiger partial charge in [-0.3, -0.25) is 4.98 Å². The van der Waals surface area contributed by atoms with Crippen LogP contribution in [0.25, 0.3) is 11.1 Å². The molecule has 1 aromatic carbocycles. The largest absolute Gasteiger partial charge is 0.327 e. The van der Waals surface area contributed by atoms with Gasteiger partial charge in [0.05, 0.1) is 0 Å². The molecule has 0 radical (unpaired) electrons. The maximum atomic E-state index is 5.99. The summed E-state index contributed by atoms with van der Waals surface area (Å²) in [4.78, 5) is 4.49. The van der Waals surface area contributed by atoms with Crippen molar-refractivity contribution in [2.24, 2.45) is 5.73 Å². The van der Waals surface area contributed by atoms with Gasteiger partial charge in [-0.05, 0) is 35.7 Å². The average molecular weight is 245 g/mol. The minimum absolute atomic E-state index is 0.229. The zero-order valence-corrected chi connectivity index (χ0v) is 10.1. The number of aromatic nitrogens is 1. The van der Waals surface area contributed by atoms with E-state index in [1.807, 2.05) is 30.5 Å². The topological polar surface area (TPSA) is 38.9 Å². The van der Waals surface area contributed by atoms with Crippen molar-refractivity contribution in [1.29, 1.82) is 0 Å². The molecule has 0 saturated heterocycles. The number of nitrogens with zero attached hydrogens (tertiary/aromatic N) is 1. The molecule has 3 rings (SSSR count). The molecular weight excluding hydrogens is 232 g/mol. The first-order valence-corrected chi connectivity index (χ1v) is 6.09. The lowest BCUT2D eigenvalue weighted by Crippen LogP contribution is -2.19. The second-order valence-corrected chi connectivity index (χ2v) is 4.94. The summed E-state index contributed by atoms with van der Waals surface area (Å²) >= 11 is 5.99. The molecule has 1 unspecified atom stereocenters. The van der Waals surface area contributed by atoms with Crippen LogP contribution in [-0.4, -0.2) is 11.0 Å². The third-order valence-electron chi connectivity index (χ3n) is 3.16. The number of hydrogen-bond donors (Lipinski definition) is 1. The lowest BCUT2D eigenvalue weighted by atomic mass is 10.1. The number of benzene rings is 1. The minimum Gasteiger partial charge on any atom is -0.327 e. The predicted molar refractivity (Wildman–Crippen MR) is 70.1 cm³/mol. The van der Waals surface area contributed by atoms with E-state index in [9.17, 15) is 0 Å². The summed E-state index contributed by atoms with van der Waals surface area (Å²) in [5.74, 6) is 0. The van der Waals surface area contributed by atoms with Gasteiger partial charge < -0.3 is 5.73 Å². The Kier molecular flexibility index (Phi) is 2.61. The molecule has 0 amide bonds. The highest BCUT2D eigenvalue weighted by Crippen LogP contribution is 2.27. The smallest absolute Gasteiger partial charge is 0.0452 e. The fraction of sp³-hybridized carbons (Fsp3) is 0.214. The molecule has 2 N–H and O–H groups in total. The van der Waals surface area contributed by atoms with E-state index in [-0.39, 0.29) is 6.04 Å². The molecule has 1 aliphatic rings. The molecular formula is C14H13ClN2. The Morgan fingerprint density at radius 2 is 2.06 bits per heavy atom. The fourth-order valence-corrected chi connectivity index (χ4v) is 2.52. The summed E-state index contributed by atoms with van der Waals surface area (Å²) in [6.45, 7) is 0. The Bertz CT molecular complexity index is 566. The Morgan fingerprint density at radius 3 is 2.88 bits per heavy atom. The zero-order valence-electron chi connectivity index (χ0n) is 9.36. The molecule has 0 saturated carbocycles. The molecule has 3 heteroatoms. The molecule has 1 heterocycles. The van der Waals surface area contributed by atoms with Gasteiger partial charge in [0, 0.05) is 34.9 Å². The maximum absolute atomic E-state index is 5.99. The van der Waals surface area contributed by atoms with Gasteiger partial charge in [0.15, 0.2) is 0 Å². The van der Waals surface area contributed by atoms with Crippen molar-refractivity contribution in [2.75, 3.05) is 0 Å². The Balaban J connectivity index is 2.03. The van der Waals surface area contributed by atoms with Crippen molar-refractivity contribution in [2.45, 2.75) is 18.9 Å². The van der Waals surface area contributed by atoms with Crippen LogP contribution < -0.4 is 5.73 Å². The third-order valence-corrected chi connectivity index (χ3v) is 3.39. The maximum Gasteiger partial charge on any atom is 0.0452 e. The number of halogens is 1. The van der Waals surface area contributed by atoms with Crippen LogP contribution in [0.1, 0.15) is 11.3 Å². The van der Waals surface area contributed by atoms with E-state index in [0.717, 1.165) is 34.7 Å². The highest BCUT2D eigenvalue weighted by molar-refractivity contribution is 6.30. The Hall–Kier alpha value is -1.38. The summed E-state index contributed by atoms with van der Waals surface area (Å²) in [5, 5.41) is 0.750. The van der Waals surface area contributed by atoms with Crippen molar-refractivity contribution < 1.29 is 0 Å². The number of rotatable bonds is 1. The van der Waals surface area contributed by atoms with E-state index >= 15 is 0 Å². The standard InChI is InChI=1S/C14H13ClN2/c15-12-3-1-2-9(5-12)11-4-10-6-13(16)7-14(10)17-8-11/h1-5,8,13H,6-7,16H2. The van der Waals surface area contributed by atoms with Gasteiger partial charge in [-0.1, -0.05) is 23.7 Å². The highest BCUT2D eigenvalue weighted by atomic mass is 35.5. The number of nitrogens with two attached hydrogens (primary N) is 1. The van der Waals surface area contributed by atoms with Crippen molar-refractivity contribution >= 4 is 11.6 Å². The molecule has 86 valence electrons. The summed E-state index contributed by atoms with van der Waals surface area (Å²) in [6, 6.07) is 10.2. The van der Waals surface area contributed by atoms with Crippen molar-refractivity contribution in [3.05, 3.63) is 52.8 Å². The second-order valence-electron chi connectivity index (χ2n) is 4.51. The van der Waals surface area contributed by atoms with Gasteiger partial charge in [0.1, 0.15) is 0 Å². The van der Waals surface area contributed by atoms with Gasteiger partial charge in [-0.2, -0.15) is 0 Å². The number of fused-ring (bicyclic) bond motifs is 1. The summed E-state index contributed by atoms with van der Waals surface area (Å²) in [7, 11) is 0. The lowest BCUT2D eigenvalue weighted by Gasteiger charge is -2.04. The first kappa shape index (κ1) is 10.8. The Labute approximate surface area is 105 Å². The fourth-order valence-electron chi connectivity index (χ4n) is 2.33. The van der Waals surface area contributed by atoms with E-state index < -0.39 is 0 Å². The molecule has 0 aliphatic heterocycles. The zero-order chi connectivity index (χ0) is 11.8. The SMILES string of the molecule is NC1Cc2cc(-c3cccc(Cl)c3)cnc2C1. The summed E-state index contributed by atoms with van der Waals surface area (Å²) < 4.78 is 0. The molecule has 17 heavy (non-hydrogen) atoms. The molecule has 1 aliphatic carbocycles. The average Bonchev–Trinajstić information content (AvgIpc) is 2.68. The van der Waals surface area contributed by atoms with E-state index in [0.29, 0.717) is 0 Å². The first-order chi connectivity index (χ1) is 8.22. The van der Waals surface area contributed by atoms with Crippen LogP contribution in [0.15, 0.2) is 36.5 Å². The molecule has 1 aromatic heterocycles. The van der Waals surface area contributed by atoms with Crippen LogP contribution in [0.2, 0.25) is 5.02 Å². The normalized spacial score (nSPS) is 18.1. The second kappa shape index (κ2) is 4.13. The van der Waals surface area contributed by atoms with Crippen molar-refractivity contribution in [3.63, 3.8) is 0 Å². The molecule has 2 nitrogen and oxygen atoms in total. The first-order valence-electron chi connectivity index (χ1n) is 5.72. The molecule has 0 spiro atoms. The number of hydrogen-bond acceptors (Lipinski definition) is 2. The van der Waals surface area contributed by atoms with Crippen molar-refractivity contribution in [1.82, 2.24) is 4.98 Å². The summed E-state index contributed by atoms with van der Waals surface area (Å²) in [6.07, 6.45) is 3.73. The van der Waals surface area contributed by atoms with E-state index in [2.05, 4.69) is 11.1 Å². The number of pyridine rings is 1. The Morgan fingerprint density at radius 1 is 1.18 bits per heavy atom. The predicted octanol–water partition coefficient (Wildman–Crippen LogP) is 2.83. The van der Waals surface area contributed by atoms with Crippen LogP contribution >= 0.6 is 11.6 Å². The molecule has 1 atom stereocenters. The van der Waals surface area contributed by atoms with E-state index in [1.165, 1.54) is 5.56 Å². The minimum atomic E-state index is 0.229. The molecule has 0 fully saturated rings. The van der Waals surface area contributed by atoms with E-state index in [1.54, 1.807) is 0 Å². The van der Waals surface area contributed by atoms with Gasteiger partial charge in [-0.15, -0.1) is 0 Å². The van der Waals surface area contributed by atoms with Crippen LogP contribution in [-0.2, 0) is 12.8 Å². The van der Waals surface area contributed by atoms with Crippen LogP contribution in [0, 0.1) is 0 Å². The molecule has 2 aromatic rings. The quantitative estimate of drug-likeness (QED) is 0.838. The van der Waals surface area contributed by atoms with Crippen molar-refractivity contribution in [3.8, 4) is 11.1 Å². The van der Waals surface area contributed by atoms with Gasteiger partial charge in [-0.25, -0.2) is 0 Å². The van der Waals surface area contributed by atoms with E-state index in [4.69, 9.17) is 17.3 Å². The highest BCUT2D eigenvalue weighted by Gasteiger charge is 2.19. The third kappa shape index (κ3) is 2.06. The monoisotopic (exact) mass is 244 g/mol. The molecule has 0 bridgehead atoms. The van der Waals surface area contributed by atoms with Gasteiger partial charge in [0.25, 0.3) is 0 Å². The summed E-state index contributed by atoms with van der Waals surface area (Å²) in [5.41, 5.74) is 10.6. The lowest BCUT2D eigenvalue weighted by molar-refractivity contribution is 0.716. The van der Waals surface area contributed by atoms with Crippen LogP contribution in [0.4, 0.5) is 0 Å². The van der Waals surface area contributed by atoms with Gasteiger partial charge in [0.2, 0.25) is 0 Å².